The van der Waals surface area contributed by atoms with E-state index < -0.39 is 0 Å². The van der Waals surface area contributed by atoms with Gasteiger partial charge in [0.2, 0.25) is 5.91 Å². The van der Waals surface area contributed by atoms with Crippen LogP contribution >= 0.6 is 0 Å². The van der Waals surface area contributed by atoms with Crippen LogP contribution in [-0.2, 0) is 11.3 Å². The number of rotatable bonds is 10. The maximum atomic E-state index is 13.6. The number of nitrogens with one attached hydrogen (secondary N) is 2. The molecule has 0 saturated carbocycles. The molecule has 0 bridgehead atoms. The highest BCUT2D eigenvalue weighted by Crippen LogP contribution is 2.34. The van der Waals surface area contributed by atoms with Crippen LogP contribution in [0.4, 0.5) is 21.6 Å². The number of aromatic nitrogens is 4. The molecule has 9 nitrogen and oxygen atoms in total. The number of fused-ring (bicyclic) bond motifs is 2. The van der Waals surface area contributed by atoms with Gasteiger partial charge in [0.1, 0.15) is 30.3 Å². The number of halogens is 1. The fraction of sp³-hybridized carbons (Fsp3) is 0.172. The third-order valence-corrected chi connectivity index (χ3v) is 6.10. The molecule has 5 aromatic rings. The topological polar surface area (TPSA) is 97.2 Å². The third kappa shape index (κ3) is 6.02. The highest BCUT2D eigenvalue weighted by atomic mass is 19.1. The Kier molecular flexibility index (Phi) is 7.46. The molecule has 39 heavy (non-hydrogen) atoms. The first-order valence-electron chi connectivity index (χ1n) is 12.4. The first-order valence-corrected chi connectivity index (χ1v) is 12.4. The van der Waals surface area contributed by atoms with Crippen LogP contribution in [0.2, 0.25) is 0 Å². The molecule has 0 radical (unpaired) electrons. The van der Waals surface area contributed by atoms with Gasteiger partial charge in [0.05, 0.1) is 29.5 Å². The molecule has 198 valence electrons. The number of benzene rings is 3. The van der Waals surface area contributed by atoms with Crippen LogP contribution in [0.15, 0.2) is 79.8 Å². The van der Waals surface area contributed by atoms with Gasteiger partial charge in [-0.2, -0.15) is 5.10 Å². The average molecular weight is 526 g/mol. The van der Waals surface area contributed by atoms with Crippen molar-refractivity contribution in [1.82, 2.24) is 24.6 Å². The van der Waals surface area contributed by atoms with Gasteiger partial charge in [0.15, 0.2) is 0 Å². The van der Waals surface area contributed by atoms with Gasteiger partial charge in [-0.05, 0) is 62.1 Å². The summed E-state index contributed by atoms with van der Waals surface area (Å²) in [5, 5.41) is 12.3. The Hall–Kier alpha value is -4.83. The number of nitrogens with zero attached hydrogens (tertiary/aromatic N) is 5. The number of carbonyl (C=O) groups excluding carboxylic acids is 1. The van der Waals surface area contributed by atoms with E-state index in [2.05, 4.69) is 32.3 Å². The first-order chi connectivity index (χ1) is 18.9. The number of hydrogen-bond acceptors (Lipinski definition) is 7. The molecule has 0 unspecified atom stereocenters. The molecular weight excluding hydrogens is 497 g/mol. The molecule has 2 N–H and O–H groups in total. The Labute approximate surface area is 224 Å². The zero-order valence-electron chi connectivity index (χ0n) is 21.7. The summed E-state index contributed by atoms with van der Waals surface area (Å²) >= 11 is 0. The molecule has 0 saturated heterocycles. The van der Waals surface area contributed by atoms with Crippen LogP contribution in [0, 0.1) is 5.82 Å². The summed E-state index contributed by atoms with van der Waals surface area (Å²) in [5.74, 6) is 0.461. The number of amides is 1. The molecule has 0 aliphatic carbocycles. The number of likely N-dealkylation sites (N-methyl/N-ethyl adjacent to an activating group) is 1. The van der Waals surface area contributed by atoms with Crippen LogP contribution in [0.1, 0.15) is 5.56 Å². The smallest absolute Gasteiger partial charge is 0.247 e. The lowest BCUT2D eigenvalue weighted by Crippen LogP contribution is -2.20. The lowest BCUT2D eigenvalue weighted by Gasteiger charge is -2.16. The quantitative estimate of drug-likeness (QED) is 0.248. The Morgan fingerprint density at radius 1 is 1.15 bits per heavy atom. The second kappa shape index (κ2) is 11.3. The SMILES string of the molecule is C=CC(=O)Nc1cc2c(Nc3ccc4c(cnn4Cc4cccc(F)c4)c3)ncnc2cc1OCCN(C)C. The summed E-state index contributed by atoms with van der Waals surface area (Å²) in [5.41, 5.74) is 3.71. The summed E-state index contributed by atoms with van der Waals surface area (Å²) in [6.45, 7) is 5.16. The fourth-order valence-corrected chi connectivity index (χ4v) is 4.16. The molecule has 0 atom stereocenters. The van der Waals surface area contributed by atoms with Gasteiger partial charge in [0, 0.05) is 29.1 Å². The van der Waals surface area contributed by atoms with Crippen molar-refractivity contribution in [1.29, 1.82) is 0 Å². The number of carbonyl (C=O) groups is 1. The predicted molar refractivity (Wildman–Crippen MR) is 151 cm³/mol. The van der Waals surface area contributed by atoms with Crippen molar-refractivity contribution in [2.24, 2.45) is 0 Å². The first kappa shape index (κ1) is 25.8. The van der Waals surface area contributed by atoms with Gasteiger partial charge < -0.3 is 20.3 Å². The van der Waals surface area contributed by atoms with E-state index in [0.717, 1.165) is 22.2 Å². The minimum Gasteiger partial charge on any atom is -0.490 e. The monoisotopic (exact) mass is 525 g/mol. The summed E-state index contributed by atoms with van der Waals surface area (Å²) in [7, 11) is 3.92. The van der Waals surface area contributed by atoms with Gasteiger partial charge in [-0.15, -0.1) is 0 Å². The Balaban J connectivity index is 1.44. The third-order valence-electron chi connectivity index (χ3n) is 6.10. The lowest BCUT2D eigenvalue weighted by molar-refractivity contribution is -0.111. The molecule has 0 fully saturated rings. The van der Waals surface area contributed by atoms with Gasteiger partial charge in [0.25, 0.3) is 0 Å². The minimum absolute atomic E-state index is 0.271. The van der Waals surface area contributed by atoms with Crippen LogP contribution in [0.25, 0.3) is 21.8 Å². The van der Waals surface area contributed by atoms with E-state index >= 15 is 0 Å². The molecule has 0 aliphatic heterocycles. The normalized spacial score (nSPS) is 11.2. The Morgan fingerprint density at radius 2 is 2.03 bits per heavy atom. The van der Waals surface area contributed by atoms with E-state index in [1.807, 2.05) is 47.9 Å². The molecule has 5 rings (SSSR count). The standard InChI is InChI=1S/C29H28FN7O2/c1-4-28(38)35-25-14-23-24(15-27(25)39-11-10-36(2)3)31-18-32-29(23)34-22-8-9-26-20(13-22)16-33-37(26)17-19-6-5-7-21(30)12-19/h4-9,12-16,18H,1,10-11,17H2,2-3H3,(H,35,38)(H,31,32,34). The summed E-state index contributed by atoms with van der Waals surface area (Å²) in [6, 6.07) is 15.9. The Bertz CT molecular complexity index is 1660. The van der Waals surface area contributed by atoms with Gasteiger partial charge in [-0.3, -0.25) is 9.48 Å². The van der Waals surface area contributed by atoms with E-state index in [9.17, 15) is 9.18 Å². The highest BCUT2D eigenvalue weighted by Gasteiger charge is 2.14. The molecular formula is C29H28FN7O2. The molecule has 10 heteroatoms. The van der Waals surface area contributed by atoms with E-state index in [1.165, 1.54) is 24.5 Å². The molecule has 0 spiro atoms. The van der Waals surface area contributed by atoms with Crippen molar-refractivity contribution in [2.45, 2.75) is 6.54 Å². The van der Waals surface area contributed by atoms with E-state index in [0.29, 0.717) is 47.9 Å². The summed E-state index contributed by atoms with van der Waals surface area (Å²) < 4.78 is 21.4. The molecule has 3 aromatic carbocycles. The van der Waals surface area contributed by atoms with Gasteiger partial charge >= 0.3 is 0 Å². The maximum absolute atomic E-state index is 13.6. The average Bonchev–Trinajstić information content (AvgIpc) is 3.30. The van der Waals surface area contributed by atoms with Crippen molar-refractivity contribution in [3.63, 3.8) is 0 Å². The van der Waals surface area contributed by atoms with Crippen LogP contribution in [0.3, 0.4) is 0 Å². The van der Waals surface area contributed by atoms with Crippen LogP contribution in [-0.4, -0.2) is 57.8 Å². The van der Waals surface area contributed by atoms with Gasteiger partial charge in [-0.1, -0.05) is 18.7 Å². The second-order valence-corrected chi connectivity index (χ2v) is 9.26. The highest BCUT2D eigenvalue weighted by molar-refractivity contribution is 6.03. The largest absolute Gasteiger partial charge is 0.490 e. The minimum atomic E-state index is -0.348. The second-order valence-electron chi connectivity index (χ2n) is 9.26. The number of anilines is 3. The van der Waals surface area contributed by atoms with Crippen LogP contribution in [0.5, 0.6) is 5.75 Å². The predicted octanol–water partition coefficient (Wildman–Crippen LogP) is 4.98. The summed E-state index contributed by atoms with van der Waals surface area (Å²) in [4.78, 5) is 23.0. The fourth-order valence-electron chi connectivity index (χ4n) is 4.16. The molecule has 0 aliphatic rings. The van der Waals surface area contributed by atoms with Crippen molar-refractivity contribution >= 4 is 44.9 Å². The van der Waals surface area contributed by atoms with Gasteiger partial charge in [-0.25, -0.2) is 14.4 Å². The molecule has 2 heterocycles. The number of ether oxygens (including phenoxy) is 1. The molecule has 2 aromatic heterocycles. The zero-order valence-corrected chi connectivity index (χ0v) is 21.7. The van der Waals surface area contributed by atoms with Crippen molar-refractivity contribution in [2.75, 3.05) is 37.9 Å². The maximum Gasteiger partial charge on any atom is 0.247 e. The van der Waals surface area contributed by atoms with Crippen molar-refractivity contribution < 1.29 is 13.9 Å². The lowest BCUT2D eigenvalue weighted by atomic mass is 10.1. The van der Waals surface area contributed by atoms with E-state index in [1.54, 1.807) is 24.4 Å². The van der Waals surface area contributed by atoms with Crippen molar-refractivity contribution in [3.05, 3.63) is 91.2 Å². The van der Waals surface area contributed by atoms with E-state index in [4.69, 9.17) is 4.74 Å². The zero-order chi connectivity index (χ0) is 27.4. The number of hydrogen-bond donors (Lipinski definition) is 2. The van der Waals surface area contributed by atoms with E-state index in [-0.39, 0.29) is 11.7 Å². The van der Waals surface area contributed by atoms with Crippen molar-refractivity contribution in [3.8, 4) is 5.75 Å². The van der Waals surface area contributed by atoms with Crippen LogP contribution < -0.4 is 15.4 Å². The molecule has 1 amide bonds. The Morgan fingerprint density at radius 3 is 2.82 bits per heavy atom. The summed E-state index contributed by atoms with van der Waals surface area (Å²) in [6.07, 6.45) is 4.46.